The van der Waals surface area contributed by atoms with Crippen molar-refractivity contribution in [3.8, 4) is 0 Å². The summed E-state index contributed by atoms with van der Waals surface area (Å²) in [6.07, 6.45) is 7.72. The lowest BCUT2D eigenvalue weighted by molar-refractivity contribution is -0.140. The Hall–Kier alpha value is -2.16. The molecule has 0 aromatic carbocycles. The van der Waals surface area contributed by atoms with E-state index < -0.39 is 11.6 Å². The maximum Gasteiger partial charge on any atom is 0.325 e. The Balaban J connectivity index is 1.24. The maximum absolute atomic E-state index is 12.7. The number of nitrogens with one attached hydrogen (secondary N) is 1. The van der Waals surface area contributed by atoms with Crippen molar-refractivity contribution in [3.05, 3.63) is 0 Å². The molecule has 3 aliphatic heterocycles. The van der Waals surface area contributed by atoms with Gasteiger partial charge in [-0.15, -0.1) is 0 Å². The summed E-state index contributed by atoms with van der Waals surface area (Å²) in [5.41, 5.74) is -0.774. The second kappa shape index (κ2) is 8.91. The Kier molecular flexibility index (Phi) is 6.26. The summed E-state index contributed by atoms with van der Waals surface area (Å²) in [5.74, 6) is -0.273. The predicted molar refractivity (Wildman–Crippen MR) is 110 cm³/mol. The van der Waals surface area contributed by atoms with Crippen LogP contribution in [0.25, 0.3) is 0 Å². The third-order valence-corrected chi connectivity index (χ3v) is 7.04. The zero-order chi connectivity index (χ0) is 21.1. The zero-order valence-corrected chi connectivity index (χ0v) is 17.7. The lowest BCUT2D eigenvalue weighted by atomic mass is 9.98. The number of likely N-dealkylation sites (tertiary alicyclic amines) is 1. The summed E-state index contributed by atoms with van der Waals surface area (Å²) in [7, 11) is 0. The smallest absolute Gasteiger partial charge is 0.325 e. The molecule has 0 aromatic rings. The quantitative estimate of drug-likeness (QED) is 0.666. The molecule has 5 amide bonds. The number of urea groups is 1. The molecule has 4 aliphatic rings. The highest BCUT2D eigenvalue weighted by Gasteiger charge is 2.52. The first-order valence-corrected chi connectivity index (χ1v) is 11.4. The fraction of sp³-hybridized carbons (Fsp3) is 0.810. The van der Waals surface area contributed by atoms with Gasteiger partial charge in [-0.2, -0.15) is 0 Å². The molecule has 0 atom stereocenters. The number of piperazine rings is 1. The van der Waals surface area contributed by atoms with Crippen molar-refractivity contribution < 1.29 is 19.2 Å². The third kappa shape index (κ3) is 4.31. The van der Waals surface area contributed by atoms with Crippen LogP contribution in [-0.4, -0.2) is 101 Å². The van der Waals surface area contributed by atoms with Gasteiger partial charge >= 0.3 is 6.03 Å². The van der Waals surface area contributed by atoms with Gasteiger partial charge in [0.15, 0.2) is 0 Å². The number of carbonyl (C=O) groups is 4. The largest absolute Gasteiger partial charge is 0.342 e. The van der Waals surface area contributed by atoms with Gasteiger partial charge in [0.2, 0.25) is 11.8 Å². The number of amides is 5. The van der Waals surface area contributed by atoms with E-state index in [4.69, 9.17) is 0 Å². The van der Waals surface area contributed by atoms with Crippen LogP contribution < -0.4 is 5.32 Å². The molecule has 30 heavy (non-hydrogen) atoms. The van der Waals surface area contributed by atoms with E-state index >= 15 is 0 Å². The van der Waals surface area contributed by atoms with E-state index in [-0.39, 0.29) is 24.3 Å². The molecule has 9 nitrogen and oxygen atoms in total. The minimum absolute atomic E-state index is 0.179. The molecule has 4 rings (SSSR count). The molecule has 1 saturated carbocycles. The van der Waals surface area contributed by atoms with Gasteiger partial charge in [-0.05, 0) is 25.7 Å². The van der Waals surface area contributed by atoms with Gasteiger partial charge in [0.05, 0.1) is 6.54 Å². The maximum atomic E-state index is 12.7. The highest BCUT2D eigenvalue weighted by Crippen LogP contribution is 2.35. The molecule has 4 fully saturated rings. The van der Waals surface area contributed by atoms with Crippen molar-refractivity contribution in [2.24, 2.45) is 0 Å². The van der Waals surface area contributed by atoms with Crippen LogP contribution in [-0.2, 0) is 14.4 Å². The fourth-order valence-electron chi connectivity index (χ4n) is 5.14. The summed E-state index contributed by atoms with van der Waals surface area (Å²) < 4.78 is 0. The Labute approximate surface area is 177 Å². The van der Waals surface area contributed by atoms with E-state index in [1.807, 2.05) is 4.90 Å². The number of nitrogens with zero attached hydrogens (tertiary/aromatic N) is 4. The van der Waals surface area contributed by atoms with E-state index in [2.05, 4.69) is 10.2 Å². The SMILES string of the molecule is O=C(CN1CCN(C(=O)CN2C(=O)NC3(CCCC3)C2=O)CC1)N1CCCCCC1. The Morgan fingerprint density at radius 1 is 0.733 bits per heavy atom. The highest BCUT2D eigenvalue weighted by atomic mass is 16.2. The van der Waals surface area contributed by atoms with E-state index in [1.54, 1.807) is 4.90 Å². The van der Waals surface area contributed by atoms with Crippen molar-refractivity contribution in [3.63, 3.8) is 0 Å². The molecule has 0 aromatic heterocycles. The topological polar surface area (TPSA) is 93.3 Å². The van der Waals surface area contributed by atoms with Crippen LogP contribution in [0.1, 0.15) is 51.4 Å². The van der Waals surface area contributed by atoms with Gasteiger partial charge in [0.1, 0.15) is 12.1 Å². The molecular weight excluding hydrogens is 386 g/mol. The summed E-state index contributed by atoms with van der Waals surface area (Å²) in [6, 6.07) is -0.447. The lowest BCUT2D eigenvalue weighted by Gasteiger charge is -2.35. The van der Waals surface area contributed by atoms with E-state index in [0.717, 1.165) is 43.7 Å². The Bertz CT molecular complexity index is 690. The Morgan fingerprint density at radius 2 is 1.30 bits per heavy atom. The molecule has 1 spiro atoms. The van der Waals surface area contributed by atoms with Crippen molar-refractivity contribution in [2.75, 3.05) is 52.4 Å². The molecular formula is C21H33N5O4. The highest BCUT2D eigenvalue weighted by molar-refractivity contribution is 6.09. The zero-order valence-electron chi connectivity index (χ0n) is 17.7. The third-order valence-electron chi connectivity index (χ3n) is 7.04. The molecule has 0 unspecified atom stereocenters. The normalized spacial score (nSPS) is 25.0. The van der Waals surface area contributed by atoms with Gasteiger partial charge in [0, 0.05) is 39.3 Å². The van der Waals surface area contributed by atoms with Crippen molar-refractivity contribution >= 4 is 23.8 Å². The van der Waals surface area contributed by atoms with Crippen LogP contribution in [0.5, 0.6) is 0 Å². The first-order valence-electron chi connectivity index (χ1n) is 11.4. The van der Waals surface area contributed by atoms with Crippen LogP contribution in [0.2, 0.25) is 0 Å². The number of rotatable bonds is 4. The lowest BCUT2D eigenvalue weighted by Crippen LogP contribution is -2.54. The van der Waals surface area contributed by atoms with Crippen LogP contribution >= 0.6 is 0 Å². The van der Waals surface area contributed by atoms with Crippen molar-refractivity contribution in [2.45, 2.75) is 56.9 Å². The molecule has 166 valence electrons. The van der Waals surface area contributed by atoms with Gasteiger partial charge in [0.25, 0.3) is 5.91 Å². The minimum atomic E-state index is -0.774. The van der Waals surface area contributed by atoms with Crippen molar-refractivity contribution in [1.82, 2.24) is 24.9 Å². The van der Waals surface area contributed by atoms with Crippen LogP contribution in [0.4, 0.5) is 4.79 Å². The van der Waals surface area contributed by atoms with Gasteiger partial charge in [-0.3, -0.25) is 24.2 Å². The van der Waals surface area contributed by atoms with Gasteiger partial charge in [-0.25, -0.2) is 4.79 Å². The second-order valence-electron chi connectivity index (χ2n) is 9.06. The standard InChI is InChI=1S/C21H33N5O4/c27-17(24-9-5-1-2-6-10-24)15-23-11-13-25(14-12-23)18(28)16-26-19(29)21(22-20(26)30)7-3-4-8-21/h1-16H2,(H,22,30). The number of carbonyl (C=O) groups excluding carboxylic acids is 4. The molecule has 0 radical (unpaired) electrons. The minimum Gasteiger partial charge on any atom is -0.342 e. The van der Waals surface area contributed by atoms with E-state index in [0.29, 0.717) is 45.6 Å². The van der Waals surface area contributed by atoms with Gasteiger partial charge in [-0.1, -0.05) is 25.7 Å². The monoisotopic (exact) mass is 419 g/mol. The summed E-state index contributed by atoms with van der Waals surface area (Å²) in [4.78, 5) is 57.2. The number of imide groups is 1. The molecule has 3 saturated heterocycles. The number of hydrogen-bond acceptors (Lipinski definition) is 5. The average molecular weight is 420 g/mol. The molecule has 3 heterocycles. The first-order chi connectivity index (χ1) is 14.5. The Morgan fingerprint density at radius 3 is 1.93 bits per heavy atom. The van der Waals surface area contributed by atoms with E-state index in [9.17, 15) is 19.2 Å². The molecule has 1 aliphatic carbocycles. The fourth-order valence-corrected chi connectivity index (χ4v) is 5.14. The van der Waals surface area contributed by atoms with Crippen molar-refractivity contribution in [1.29, 1.82) is 0 Å². The van der Waals surface area contributed by atoms with Crippen LogP contribution in [0.3, 0.4) is 0 Å². The first kappa shape index (κ1) is 21.1. The summed E-state index contributed by atoms with van der Waals surface area (Å²) >= 11 is 0. The summed E-state index contributed by atoms with van der Waals surface area (Å²) in [6.45, 7) is 4.21. The summed E-state index contributed by atoms with van der Waals surface area (Å²) in [5, 5.41) is 2.82. The van der Waals surface area contributed by atoms with Crippen LogP contribution in [0, 0.1) is 0 Å². The molecule has 9 heteroatoms. The number of hydrogen-bond donors (Lipinski definition) is 1. The molecule has 1 N–H and O–H groups in total. The second-order valence-corrected chi connectivity index (χ2v) is 9.06. The van der Waals surface area contributed by atoms with E-state index in [1.165, 1.54) is 12.8 Å². The van der Waals surface area contributed by atoms with Gasteiger partial charge < -0.3 is 15.1 Å². The average Bonchev–Trinajstić information content (AvgIpc) is 3.16. The van der Waals surface area contributed by atoms with Crippen LogP contribution in [0.15, 0.2) is 0 Å². The molecule has 0 bridgehead atoms. The predicted octanol–water partition coefficient (Wildman–Crippen LogP) is 0.398.